The van der Waals surface area contributed by atoms with E-state index in [9.17, 15) is 32.8 Å². The van der Waals surface area contributed by atoms with E-state index < -0.39 is 47.1 Å². The maximum absolute atomic E-state index is 14.5. The minimum Gasteiger partial charge on any atom is -0.494 e. The van der Waals surface area contributed by atoms with Crippen molar-refractivity contribution < 1.29 is 41.9 Å². The number of amides is 7. The van der Waals surface area contributed by atoms with Gasteiger partial charge in [-0.05, 0) is 37.1 Å². The summed E-state index contributed by atoms with van der Waals surface area (Å²) in [7, 11) is 3.06. The number of methoxy groups -OCH3 is 1. The quantitative estimate of drug-likeness (QED) is 0.360. The topological polar surface area (TPSA) is 159 Å². The monoisotopic (exact) mass is 555 g/mol. The van der Waals surface area contributed by atoms with E-state index in [-0.39, 0.29) is 34.1 Å². The number of carbonyl (C=O) groups is 5. The van der Waals surface area contributed by atoms with Crippen LogP contribution in [0, 0.1) is 11.6 Å². The van der Waals surface area contributed by atoms with Gasteiger partial charge < -0.3 is 24.7 Å². The molecule has 3 aliphatic rings. The molecule has 3 aromatic rings. The van der Waals surface area contributed by atoms with E-state index in [1.165, 1.54) is 31.1 Å². The van der Waals surface area contributed by atoms with Crippen LogP contribution in [0.15, 0.2) is 34.7 Å². The van der Waals surface area contributed by atoms with Crippen LogP contribution >= 0.6 is 0 Å². The lowest BCUT2D eigenvalue weighted by Gasteiger charge is -2.25. The molecule has 2 atom stereocenters. The highest BCUT2D eigenvalue weighted by atomic mass is 19.1. The Morgan fingerprint density at radius 3 is 2.42 bits per heavy atom. The summed E-state index contributed by atoms with van der Waals surface area (Å²) >= 11 is 0. The summed E-state index contributed by atoms with van der Waals surface area (Å²) in [6.45, 7) is 2.01. The second-order valence-electron chi connectivity index (χ2n) is 9.54. The Labute approximate surface area is 225 Å². The molecule has 2 saturated heterocycles. The number of hydrogen-bond acceptors (Lipinski definition) is 7. The van der Waals surface area contributed by atoms with Crippen molar-refractivity contribution in [3.63, 3.8) is 0 Å². The van der Waals surface area contributed by atoms with Crippen molar-refractivity contribution in [2.75, 3.05) is 20.7 Å². The zero-order valence-electron chi connectivity index (χ0n) is 21.4. The average Bonchev–Trinajstić information content (AvgIpc) is 3.54. The first kappa shape index (κ1) is 26.6. The van der Waals surface area contributed by atoms with Crippen molar-refractivity contribution in [2.45, 2.75) is 24.9 Å². The Morgan fingerprint density at radius 2 is 1.80 bits per heavy atom. The van der Waals surface area contributed by atoms with Crippen LogP contribution in [0.5, 0.6) is 5.75 Å². The molecule has 0 spiro atoms. The van der Waals surface area contributed by atoms with Gasteiger partial charge in [0.25, 0.3) is 17.7 Å². The highest BCUT2D eigenvalue weighted by molar-refractivity contribution is 6.08. The molecule has 12 nitrogen and oxygen atoms in total. The molecular weight excluding hydrogens is 532 g/mol. The average molecular weight is 555 g/mol. The van der Waals surface area contributed by atoms with Crippen molar-refractivity contribution in [3.05, 3.63) is 64.4 Å². The molecule has 6 rings (SSSR count). The lowest BCUT2D eigenvalue weighted by Crippen LogP contribution is -2.41. The number of ether oxygens (including phenoxy) is 1. The van der Waals surface area contributed by atoms with Crippen molar-refractivity contribution in [1.29, 1.82) is 0 Å². The van der Waals surface area contributed by atoms with Gasteiger partial charge in [-0.2, -0.15) is 0 Å². The molecular formula is C26H23F2N5O7. The lowest BCUT2D eigenvalue weighted by molar-refractivity contribution is -0.124. The molecule has 1 unspecified atom stereocenters. The van der Waals surface area contributed by atoms with E-state index in [0.717, 1.165) is 11.6 Å². The lowest BCUT2D eigenvalue weighted by atomic mass is 9.91. The summed E-state index contributed by atoms with van der Waals surface area (Å²) in [5.74, 6) is -2.59. The molecule has 0 radical (unpaired) electrons. The molecule has 2 fully saturated rings. The van der Waals surface area contributed by atoms with Gasteiger partial charge in [0, 0.05) is 30.6 Å². The Hall–Kier alpha value is -5.01. The Bertz CT molecular complexity index is 1620. The Kier molecular flexibility index (Phi) is 6.40. The Morgan fingerprint density at radius 1 is 1.05 bits per heavy atom. The Balaban J connectivity index is 0.000000184. The highest BCUT2D eigenvalue weighted by Gasteiger charge is 2.45. The summed E-state index contributed by atoms with van der Waals surface area (Å²) in [6, 6.07) is 4.81. The standard InChI is InChI=1S/C15H11FN4O5.C11H12FNO2/c1-15(12(22)19-14(24)20-15)6-2-5-3-9(25-8(5)4-7(6)16)10-11(21)18-13(23)17-10;1-13-6-5-7-3-4-8(15-2)10(12)9(7)11(13)14/h2-4,10H,1H3,(H2,17,18,21,23)(H2,19,20,22,24);3-4H,5-6H2,1-2H3/t10?,15-;/m1./s1. The van der Waals surface area contributed by atoms with E-state index >= 15 is 0 Å². The van der Waals surface area contributed by atoms with Crippen LogP contribution in [0.1, 0.15) is 40.2 Å². The normalized spacial score (nSPS) is 21.8. The predicted octanol–water partition coefficient (Wildman–Crippen LogP) is 1.97. The van der Waals surface area contributed by atoms with Gasteiger partial charge in [0.15, 0.2) is 17.6 Å². The number of fused-ring (bicyclic) bond motifs is 2. The number of likely N-dealkylation sites (N-methyl/N-ethyl adjacent to an activating group) is 1. The summed E-state index contributed by atoms with van der Waals surface area (Å²) in [5, 5.41) is 9.31. The van der Waals surface area contributed by atoms with Gasteiger partial charge in [-0.15, -0.1) is 0 Å². The third-order valence-corrected chi connectivity index (χ3v) is 6.96. The molecule has 0 saturated carbocycles. The molecule has 7 amide bonds. The van der Waals surface area contributed by atoms with Gasteiger partial charge in [-0.3, -0.25) is 25.0 Å². The molecule has 0 bridgehead atoms. The third-order valence-electron chi connectivity index (χ3n) is 6.96. The summed E-state index contributed by atoms with van der Waals surface area (Å²) in [4.78, 5) is 59.6. The van der Waals surface area contributed by atoms with E-state index in [1.807, 2.05) is 0 Å². The van der Waals surface area contributed by atoms with E-state index in [0.29, 0.717) is 18.4 Å². The minimum atomic E-state index is -1.56. The molecule has 40 heavy (non-hydrogen) atoms. The summed E-state index contributed by atoms with van der Waals surface area (Å²) in [6.07, 6.45) is 0.693. The number of benzene rings is 2. The van der Waals surface area contributed by atoms with Crippen LogP contribution < -0.4 is 26.0 Å². The van der Waals surface area contributed by atoms with Crippen LogP contribution in [-0.2, 0) is 21.5 Å². The maximum Gasteiger partial charge on any atom is 0.322 e. The number of halogens is 2. The van der Waals surface area contributed by atoms with E-state index in [1.54, 1.807) is 19.2 Å². The van der Waals surface area contributed by atoms with E-state index in [2.05, 4.69) is 21.3 Å². The van der Waals surface area contributed by atoms with Crippen LogP contribution in [0.2, 0.25) is 0 Å². The van der Waals surface area contributed by atoms with Gasteiger partial charge in [0.1, 0.15) is 22.7 Å². The number of furan rings is 1. The van der Waals surface area contributed by atoms with Crippen molar-refractivity contribution in [1.82, 2.24) is 26.2 Å². The van der Waals surface area contributed by atoms with Crippen LogP contribution in [0.3, 0.4) is 0 Å². The first-order valence-electron chi connectivity index (χ1n) is 12.0. The van der Waals surface area contributed by atoms with Crippen molar-refractivity contribution >= 4 is 40.8 Å². The first-order valence-corrected chi connectivity index (χ1v) is 12.0. The fourth-order valence-electron chi connectivity index (χ4n) is 4.73. The SMILES string of the molecule is COc1ccc2c(c1F)C(=O)N(C)CC2.C[C@]1(c2cc3cc(C4NC(=O)NC4=O)oc3cc2F)NC(=O)NC1=O. The number of nitrogens with zero attached hydrogens (tertiary/aromatic N) is 1. The van der Waals surface area contributed by atoms with Gasteiger partial charge >= 0.3 is 12.1 Å². The molecule has 208 valence electrons. The predicted molar refractivity (Wildman–Crippen MR) is 133 cm³/mol. The van der Waals surface area contributed by atoms with Crippen LogP contribution in [0.4, 0.5) is 18.4 Å². The smallest absolute Gasteiger partial charge is 0.322 e. The molecule has 2 aromatic carbocycles. The van der Waals surface area contributed by atoms with E-state index in [4.69, 9.17) is 9.15 Å². The van der Waals surface area contributed by atoms with Crippen LogP contribution in [0.25, 0.3) is 11.0 Å². The molecule has 4 heterocycles. The fourth-order valence-corrected chi connectivity index (χ4v) is 4.73. The van der Waals surface area contributed by atoms with Crippen molar-refractivity contribution in [3.8, 4) is 5.75 Å². The molecule has 0 aliphatic carbocycles. The molecule has 14 heteroatoms. The molecule has 4 N–H and O–H groups in total. The maximum atomic E-state index is 14.5. The number of nitrogens with one attached hydrogen (secondary N) is 4. The number of rotatable bonds is 3. The van der Waals surface area contributed by atoms with Gasteiger partial charge in [0.2, 0.25) is 0 Å². The third kappa shape index (κ3) is 4.36. The molecule has 1 aromatic heterocycles. The first-order chi connectivity index (χ1) is 18.9. The highest BCUT2D eigenvalue weighted by Crippen LogP contribution is 2.33. The van der Waals surface area contributed by atoms with Gasteiger partial charge in [-0.25, -0.2) is 18.4 Å². The minimum absolute atomic E-state index is 0.0457. The van der Waals surface area contributed by atoms with Crippen LogP contribution in [-0.4, -0.2) is 55.4 Å². The number of urea groups is 2. The number of carbonyl (C=O) groups excluding carboxylic acids is 5. The largest absolute Gasteiger partial charge is 0.494 e. The fraction of sp³-hybridized carbons (Fsp3) is 0.269. The number of hydrogen-bond donors (Lipinski definition) is 4. The van der Waals surface area contributed by atoms with Gasteiger partial charge in [-0.1, -0.05) is 6.07 Å². The number of imide groups is 2. The summed E-state index contributed by atoms with van der Waals surface area (Å²) in [5.41, 5.74) is -0.556. The van der Waals surface area contributed by atoms with Gasteiger partial charge in [0.05, 0.1) is 12.7 Å². The summed E-state index contributed by atoms with van der Waals surface area (Å²) < 4.78 is 38.6. The second-order valence-corrected chi connectivity index (χ2v) is 9.54. The zero-order chi connectivity index (χ0) is 28.9. The molecule has 3 aliphatic heterocycles. The second kappa shape index (κ2) is 9.63. The zero-order valence-corrected chi connectivity index (χ0v) is 21.4. The van der Waals surface area contributed by atoms with Crippen molar-refractivity contribution in [2.24, 2.45) is 0 Å².